The second-order valence-corrected chi connectivity index (χ2v) is 6.08. The van der Waals surface area contributed by atoms with Crippen molar-refractivity contribution in [3.05, 3.63) is 69.7 Å². The third-order valence-corrected chi connectivity index (χ3v) is 3.60. The predicted octanol–water partition coefficient (Wildman–Crippen LogP) is 3.74. The first-order chi connectivity index (χ1) is 10.5. The monoisotopic (exact) mass is 336 g/mol. The molecule has 2 aromatic rings. The van der Waals surface area contributed by atoms with Crippen LogP contribution in [0.5, 0.6) is 0 Å². The number of nitrogens with one attached hydrogen (secondary N) is 1. The minimum Gasteiger partial charge on any atom is -0.351 e. The van der Waals surface area contributed by atoms with Gasteiger partial charge in [-0.05, 0) is 42.4 Å². The molecule has 22 heavy (non-hydrogen) atoms. The minimum absolute atomic E-state index is 0.0236. The van der Waals surface area contributed by atoms with Gasteiger partial charge in [0.15, 0.2) is 0 Å². The van der Waals surface area contributed by atoms with Crippen LogP contribution in [0.3, 0.4) is 0 Å². The maximum Gasteiger partial charge on any atom is 0.234 e. The van der Waals surface area contributed by atoms with Crippen LogP contribution in [0.2, 0.25) is 10.0 Å². The molecular weight excluding hydrogens is 319 g/mol. The Kier molecular flexibility index (Phi) is 6.25. The molecule has 2 aromatic carbocycles. The molecule has 1 amide bonds. The Hall–Kier alpha value is -1.55. The molecule has 0 unspecified atom stereocenters. The maximum absolute atomic E-state index is 12.0. The highest BCUT2D eigenvalue weighted by Gasteiger charge is 2.07. The molecule has 0 atom stereocenters. The molecule has 3 nitrogen and oxygen atoms in total. The number of hydrogen-bond donors (Lipinski definition) is 1. The van der Waals surface area contributed by atoms with Crippen LogP contribution < -0.4 is 5.32 Å². The molecule has 0 heterocycles. The molecule has 0 bridgehead atoms. The predicted molar refractivity (Wildman–Crippen MR) is 91.1 cm³/mol. The third-order valence-electron chi connectivity index (χ3n) is 3.13. The Bertz CT molecular complexity index is 646. The van der Waals surface area contributed by atoms with Gasteiger partial charge in [-0.3, -0.25) is 9.69 Å². The molecule has 1 N–H and O–H groups in total. The Morgan fingerprint density at radius 3 is 2.27 bits per heavy atom. The first kappa shape index (κ1) is 16.8. The molecule has 0 fully saturated rings. The normalized spacial score (nSPS) is 10.7. The maximum atomic E-state index is 12.0. The van der Waals surface area contributed by atoms with Crippen LogP contribution >= 0.6 is 23.2 Å². The summed E-state index contributed by atoms with van der Waals surface area (Å²) in [5.74, 6) is -0.0236. The second-order valence-electron chi connectivity index (χ2n) is 5.21. The van der Waals surface area contributed by atoms with Gasteiger partial charge in [0.25, 0.3) is 0 Å². The van der Waals surface area contributed by atoms with Gasteiger partial charge in [0.05, 0.1) is 6.54 Å². The second kappa shape index (κ2) is 8.18. The van der Waals surface area contributed by atoms with E-state index in [4.69, 9.17) is 23.2 Å². The number of benzene rings is 2. The van der Waals surface area contributed by atoms with Crippen molar-refractivity contribution in [2.24, 2.45) is 0 Å². The standard InChI is InChI=1S/C17H18Cl2N2O/c1-21(11-14-5-3-7-16(19)9-14)12-17(22)20-10-13-4-2-6-15(18)8-13/h2-9H,10-12H2,1H3,(H,20,22). The van der Waals surface area contributed by atoms with Crippen LogP contribution in [0, 0.1) is 0 Å². The highest BCUT2D eigenvalue weighted by atomic mass is 35.5. The first-order valence-electron chi connectivity index (χ1n) is 6.97. The highest BCUT2D eigenvalue weighted by Crippen LogP contribution is 2.12. The smallest absolute Gasteiger partial charge is 0.234 e. The van der Waals surface area contributed by atoms with Crippen molar-refractivity contribution in [2.75, 3.05) is 13.6 Å². The molecule has 116 valence electrons. The summed E-state index contributed by atoms with van der Waals surface area (Å²) in [5.41, 5.74) is 2.07. The van der Waals surface area contributed by atoms with E-state index in [0.29, 0.717) is 29.7 Å². The fourth-order valence-corrected chi connectivity index (χ4v) is 2.58. The summed E-state index contributed by atoms with van der Waals surface area (Å²) in [6, 6.07) is 15.1. The molecule has 0 spiro atoms. The van der Waals surface area contributed by atoms with Crippen molar-refractivity contribution in [1.82, 2.24) is 10.2 Å². The van der Waals surface area contributed by atoms with Crippen molar-refractivity contribution in [3.8, 4) is 0 Å². The van der Waals surface area contributed by atoms with E-state index in [0.717, 1.165) is 11.1 Å². The fraction of sp³-hybridized carbons (Fsp3) is 0.235. The van der Waals surface area contributed by atoms with Crippen molar-refractivity contribution in [3.63, 3.8) is 0 Å². The van der Waals surface area contributed by atoms with Crippen LogP contribution in [0.25, 0.3) is 0 Å². The SMILES string of the molecule is CN(CC(=O)NCc1cccc(Cl)c1)Cc1cccc(Cl)c1. The highest BCUT2D eigenvalue weighted by molar-refractivity contribution is 6.30. The Labute approximate surface area is 140 Å². The van der Waals surface area contributed by atoms with Gasteiger partial charge in [-0.1, -0.05) is 47.5 Å². The molecule has 0 aliphatic carbocycles. The van der Waals surface area contributed by atoms with E-state index >= 15 is 0 Å². The largest absolute Gasteiger partial charge is 0.351 e. The van der Waals surface area contributed by atoms with Gasteiger partial charge in [0.1, 0.15) is 0 Å². The molecule has 0 radical (unpaired) electrons. The van der Waals surface area contributed by atoms with Crippen molar-refractivity contribution in [2.45, 2.75) is 13.1 Å². The number of likely N-dealkylation sites (N-methyl/N-ethyl adjacent to an activating group) is 1. The van der Waals surface area contributed by atoms with E-state index in [1.165, 1.54) is 0 Å². The van der Waals surface area contributed by atoms with E-state index < -0.39 is 0 Å². The third kappa shape index (κ3) is 5.68. The van der Waals surface area contributed by atoms with E-state index in [9.17, 15) is 4.79 Å². The average Bonchev–Trinajstić information content (AvgIpc) is 2.45. The Morgan fingerprint density at radius 1 is 1.05 bits per heavy atom. The molecule has 0 saturated carbocycles. The van der Waals surface area contributed by atoms with Crippen LogP contribution in [-0.4, -0.2) is 24.4 Å². The van der Waals surface area contributed by atoms with E-state index in [2.05, 4.69) is 5.32 Å². The van der Waals surface area contributed by atoms with Crippen LogP contribution in [0.15, 0.2) is 48.5 Å². The summed E-state index contributed by atoms with van der Waals surface area (Å²) in [4.78, 5) is 13.9. The van der Waals surface area contributed by atoms with E-state index in [1.54, 1.807) is 0 Å². The van der Waals surface area contributed by atoms with Crippen molar-refractivity contribution < 1.29 is 4.79 Å². The topological polar surface area (TPSA) is 32.3 Å². The fourth-order valence-electron chi connectivity index (χ4n) is 2.15. The summed E-state index contributed by atoms with van der Waals surface area (Å²) in [6.07, 6.45) is 0. The Balaban J connectivity index is 1.79. The van der Waals surface area contributed by atoms with Crippen molar-refractivity contribution >= 4 is 29.1 Å². The number of halogens is 2. The number of carbonyl (C=O) groups excluding carboxylic acids is 1. The summed E-state index contributed by atoms with van der Waals surface area (Å²) in [5, 5.41) is 4.26. The number of amides is 1. The lowest BCUT2D eigenvalue weighted by atomic mass is 10.2. The van der Waals surface area contributed by atoms with Gasteiger partial charge < -0.3 is 5.32 Å². The molecule has 0 aliphatic rings. The summed E-state index contributed by atoms with van der Waals surface area (Å²) < 4.78 is 0. The lowest BCUT2D eigenvalue weighted by Gasteiger charge is -2.16. The Morgan fingerprint density at radius 2 is 1.64 bits per heavy atom. The molecule has 0 aliphatic heterocycles. The van der Waals surface area contributed by atoms with E-state index in [-0.39, 0.29) is 5.91 Å². The zero-order valence-electron chi connectivity index (χ0n) is 12.4. The lowest BCUT2D eigenvalue weighted by Crippen LogP contribution is -2.34. The molecule has 2 rings (SSSR count). The van der Waals surface area contributed by atoms with Gasteiger partial charge in [-0.2, -0.15) is 0 Å². The molecular formula is C17H18Cl2N2O. The minimum atomic E-state index is -0.0236. The number of carbonyl (C=O) groups is 1. The molecule has 0 saturated heterocycles. The average molecular weight is 337 g/mol. The molecule has 5 heteroatoms. The zero-order chi connectivity index (χ0) is 15.9. The summed E-state index contributed by atoms with van der Waals surface area (Å²) in [6.45, 7) is 1.47. The van der Waals surface area contributed by atoms with Gasteiger partial charge in [0, 0.05) is 23.1 Å². The quantitative estimate of drug-likeness (QED) is 0.871. The van der Waals surface area contributed by atoms with Crippen molar-refractivity contribution in [1.29, 1.82) is 0 Å². The van der Waals surface area contributed by atoms with Crippen LogP contribution in [0.1, 0.15) is 11.1 Å². The van der Waals surface area contributed by atoms with Crippen LogP contribution in [-0.2, 0) is 17.9 Å². The number of nitrogens with zero attached hydrogens (tertiary/aromatic N) is 1. The lowest BCUT2D eigenvalue weighted by molar-refractivity contribution is -0.122. The van der Waals surface area contributed by atoms with E-state index in [1.807, 2.05) is 60.5 Å². The van der Waals surface area contributed by atoms with Gasteiger partial charge in [0.2, 0.25) is 5.91 Å². The summed E-state index contributed by atoms with van der Waals surface area (Å²) >= 11 is 11.9. The number of hydrogen-bond acceptors (Lipinski definition) is 2. The first-order valence-corrected chi connectivity index (χ1v) is 7.72. The van der Waals surface area contributed by atoms with Gasteiger partial charge in [-0.25, -0.2) is 0 Å². The molecule has 0 aromatic heterocycles. The van der Waals surface area contributed by atoms with Gasteiger partial charge >= 0.3 is 0 Å². The summed E-state index contributed by atoms with van der Waals surface area (Å²) in [7, 11) is 1.90. The van der Waals surface area contributed by atoms with Crippen LogP contribution in [0.4, 0.5) is 0 Å². The van der Waals surface area contributed by atoms with Gasteiger partial charge in [-0.15, -0.1) is 0 Å². The zero-order valence-corrected chi connectivity index (χ0v) is 13.9. The number of rotatable bonds is 6.